The van der Waals surface area contributed by atoms with Crippen molar-refractivity contribution in [1.82, 2.24) is 39.5 Å². The standard InChI is InChI=1S/C52H60N8O4/c61-33-1-21-57-25-13-37(14-26-57)49-41-5-7-43(53-41)50(38-15-27-58(28-16-38)22-2-34-62)45-9-11-47(55-45)52(40-19-31-60(32-20-40)24-4-36-64)48-12-10-46(56-48)51(44-8-6-42(49)54-44)39-17-29-59(30-18-39)23-3-35-63/h5-20,25,27,29,31,53-56,61-64H,1-4,21-24,26,28,30,32-36H2. The number of rotatable bonds is 16. The second kappa shape index (κ2) is 19.9. The number of hydrogen-bond acceptors (Lipinski definition) is 8. The molecular weight excluding hydrogens is 801 g/mol. The molecule has 12 heteroatoms. The van der Waals surface area contributed by atoms with E-state index in [0.717, 1.165) is 141 Å². The molecule has 12 nitrogen and oxygen atoms in total. The van der Waals surface area contributed by atoms with Gasteiger partial charge in [-0.15, -0.1) is 0 Å². The molecule has 0 saturated carbocycles. The molecule has 0 saturated heterocycles. The average molecular weight is 861 g/mol. The molecule has 0 unspecified atom stereocenters. The maximum atomic E-state index is 9.53. The van der Waals surface area contributed by atoms with Gasteiger partial charge in [-0.3, -0.25) is 0 Å². The zero-order valence-electron chi connectivity index (χ0n) is 36.4. The molecular formula is C52H60N8O4. The molecule has 0 fully saturated rings. The van der Waals surface area contributed by atoms with Crippen LogP contribution in [0.25, 0.3) is 22.3 Å². The highest BCUT2D eigenvalue weighted by Gasteiger charge is 2.22. The van der Waals surface area contributed by atoms with Gasteiger partial charge in [-0.1, -0.05) is 24.3 Å². The summed E-state index contributed by atoms with van der Waals surface area (Å²) >= 11 is 0. The third kappa shape index (κ3) is 9.27. The zero-order chi connectivity index (χ0) is 43.8. The molecule has 4 aromatic rings. The van der Waals surface area contributed by atoms with Crippen LogP contribution in [0.4, 0.5) is 0 Å². The number of H-pyrrole nitrogens is 4. The van der Waals surface area contributed by atoms with Gasteiger partial charge in [0, 0.05) is 145 Å². The molecule has 0 radical (unpaired) electrons. The lowest BCUT2D eigenvalue weighted by Crippen LogP contribution is -2.25. The van der Waals surface area contributed by atoms with Crippen LogP contribution in [0.15, 0.2) is 144 Å². The van der Waals surface area contributed by atoms with Gasteiger partial charge < -0.3 is 60.0 Å². The minimum Gasteiger partial charge on any atom is -0.396 e. The summed E-state index contributed by atoms with van der Waals surface area (Å²) in [5.41, 5.74) is 12.6. The van der Waals surface area contributed by atoms with E-state index in [1.807, 2.05) is 0 Å². The van der Waals surface area contributed by atoms with Gasteiger partial charge in [0.25, 0.3) is 0 Å². The zero-order valence-corrected chi connectivity index (χ0v) is 36.4. The van der Waals surface area contributed by atoms with Crippen molar-refractivity contribution in [1.29, 1.82) is 0 Å². The number of aromatic amines is 4. The Labute approximate surface area is 373 Å². The number of aliphatic hydroxyl groups excluding tert-OH is 4. The lowest BCUT2D eigenvalue weighted by atomic mass is 10.00. The molecule has 0 aliphatic carbocycles. The highest BCUT2D eigenvalue weighted by Crippen LogP contribution is 2.31. The van der Waals surface area contributed by atoms with Gasteiger partial charge in [0.15, 0.2) is 0 Å². The van der Waals surface area contributed by atoms with Crippen LogP contribution in [-0.4, -0.2) is 139 Å². The second-order valence-corrected chi connectivity index (χ2v) is 16.8. The Hall–Kier alpha value is -6.44. The third-order valence-corrected chi connectivity index (χ3v) is 12.5. The van der Waals surface area contributed by atoms with Crippen molar-refractivity contribution >= 4 is 22.3 Å². The molecule has 5 aliphatic heterocycles. The molecule has 8 bridgehead atoms. The number of hydrogen-bond donors (Lipinski definition) is 8. The van der Waals surface area contributed by atoms with Crippen molar-refractivity contribution in [3.8, 4) is 0 Å². The Morgan fingerprint density at radius 3 is 0.797 bits per heavy atom. The number of nitrogens with one attached hydrogen (secondary N) is 4. The highest BCUT2D eigenvalue weighted by atomic mass is 16.3. The Bertz CT molecular complexity index is 2460. The van der Waals surface area contributed by atoms with Gasteiger partial charge in [0.05, 0.1) is 0 Å². The summed E-state index contributed by atoms with van der Waals surface area (Å²) in [4.78, 5) is 24.5. The number of aliphatic hydroxyl groups is 4. The molecule has 332 valence electrons. The summed E-state index contributed by atoms with van der Waals surface area (Å²) in [6, 6.07) is 17.5. The Kier molecular flexibility index (Phi) is 13.4. The molecule has 8 N–H and O–H groups in total. The largest absolute Gasteiger partial charge is 0.396 e. The lowest BCUT2D eigenvalue weighted by molar-refractivity contribution is 0.263. The van der Waals surface area contributed by atoms with Gasteiger partial charge in [-0.05, 0) is 146 Å². The Morgan fingerprint density at radius 1 is 0.344 bits per heavy atom. The fraction of sp³-hybridized carbons (Fsp3) is 0.308. The minimum absolute atomic E-state index is 0.162. The number of allylic oxidation sites excluding steroid dienone is 8. The minimum atomic E-state index is 0.162. The summed E-state index contributed by atoms with van der Waals surface area (Å²) in [5, 5.41) is 42.1. The molecule has 0 amide bonds. The van der Waals surface area contributed by atoms with Gasteiger partial charge in [0.1, 0.15) is 0 Å². The molecule has 9 rings (SSSR count). The van der Waals surface area contributed by atoms with E-state index >= 15 is 0 Å². The van der Waals surface area contributed by atoms with Crippen LogP contribution in [0.1, 0.15) is 48.5 Å². The molecule has 0 atom stereocenters. The van der Waals surface area contributed by atoms with Crippen LogP contribution in [0, 0.1) is 0 Å². The third-order valence-electron chi connectivity index (χ3n) is 12.5. The van der Waals surface area contributed by atoms with E-state index < -0.39 is 0 Å². The normalized spacial score (nSPS) is 17.4. The van der Waals surface area contributed by atoms with Gasteiger partial charge in [0.2, 0.25) is 0 Å². The lowest BCUT2D eigenvalue weighted by Gasteiger charge is -2.23. The van der Waals surface area contributed by atoms with E-state index in [4.69, 9.17) is 0 Å². The van der Waals surface area contributed by atoms with E-state index in [0.29, 0.717) is 25.7 Å². The van der Waals surface area contributed by atoms with Crippen molar-refractivity contribution in [3.63, 3.8) is 0 Å². The Balaban J connectivity index is 1.27. The highest BCUT2D eigenvalue weighted by molar-refractivity contribution is 5.87. The topological polar surface area (TPSA) is 157 Å². The van der Waals surface area contributed by atoms with Crippen LogP contribution < -0.4 is 21.4 Å². The molecule has 9 heterocycles. The maximum absolute atomic E-state index is 9.53. The predicted octanol–water partition coefficient (Wildman–Crippen LogP) is 2.66. The summed E-state index contributed by atoms with van der Waals surface area (Å²) in [6.07, 6.45) is 29.2. The quantitative estimate of drug-likeness (QED) is 0.0856. The van der Waals surface area contributed by atoms with E-state index in [1.54, 1.807) is 0 Å². The van der Waals surface area contributed by atoms with Crippen molar-refractivity contribution in [2.24, 2.45) is 0 Å². The fourth-order valence-corrected chi connectivity index (χ4v) is 9.19. The maximum Gasteiger partial charge on any atom is 0.0485 e. The van der Waals surface area contributed by atoms with Crippen molar-refractivity contribution < 1.29 is 20.4 Å². The van der Waals surface area contributed by atoms with Crippen molar-refractivity contribution in [2.45, 2.75) is 25.7 Å². The first-order valence-electron chi connectivity index (χ1n) is 22.7. The van der Waals surface area contributed by atoms with E-state index in [2.05, 4.69) is 161 Å². The van der Waals surface area contributed by atoms with Crippen molar-refractivity contribution in [2.75, 3.05) is 78.8 Å². The van der Waals surface area contributed by atoms with Gasteiger partial charge in [-0.2, -0.15) is 0 Å². The van der Waals surface area contributed by atoms with Crippen LogP contribution in [0.2, 0.25) is 0 Å². The fourth-order valence-electron chi connectivity index (χ4n) is 9.19. The first-order chi connectivity index (χ1) is 31.5. The predicted molar refractivity (Wildman–Crippen MR) is 254 cm³/mol. The summed E-state index contributed by atoms with van der Waals surface area (Å²) in [5.74, 6) is 0. The van der Waals surface area contributed by atoms with Crippen LogP contribution >= 0.6 is 0 Å². The molecule has 0 spiro atoms. The van der Waals surface area contributed by atoms with Gasteiger partial charge in [-0.25, -0.2) is 0 Å². The van der Waals surface area contributed by atoms with Crippen LogP contribution in [0.3, 0.4) is 0 Å². The van der Waals surface area contributed by atoms with E-state index in [1.165, 1.54) is 0 Å². The van der Waals surface area contributed by atoms with Crippen LogP contribution in [0.5, 0.6) is 0 Å². The number of aromatic nitrogens is 4. The summed E-state index contributed by atoms with van der Waals surface area (Å²) in [7, 11) is 0. The van der Waals surface area contributed by atoms with E-state index in [9.17, 15) is 20.4 Å². The van der Waals surface area contributed by atoms with E-state index in [-0.39, 0.29) is 26.4 Å². The number of nitrogens with zero attached hydrogens (tertiary/aromatic N) is 4. The Morgan fingerprint density at radius 2 is 0.594 bits per heavy atom. The SMILES string of the molecule is OCCCN1C=CC(C2=c3ccc([nH]3)=C(C3=CCN(CCCO)C=C3)c3ccc([nH]3)C(C3=CCN(CCCO)C=C3)=c3ccc([nH]3)=C(C3=CCN(CCCO)C=C3)c3ccc2[nH]3)=CC1. The van der Waals surface area contributed by atoms with Crippen molar-refractivity contribution in [3.05, 3.63) is 188 Å². The monoisotopic (exact) mass is 860 g/mol. The first-order valence-corrected chi connectivity index (χ1v) is 22.7. The van der Waals surface area contributed by atoms with Crippen LogP contribution in [-0.2, 0) is 0 Å². The second-order valence-electron chi connectivity index (χ2n) is 16.8. The summed E-state index contributed by atoms with van der Waals surface area (Å²) < 4.78 is 0. The number of fused-ring (bicyclic) bond motifs is 8. The van der Waals surface area contributed by atoms with Gasteiger partial charge >= 0.3 is 0 Å². The molecule has 0 aromatic carbocycles. The molecule has 4 aromatic heterocycles. The molecule has 5 aliphatic rings. The average Bonchev–Trinajstić information content (AvgIpc) is 4.19. The summed E-state index contributed by atoms with van der Waals surface area (Å²) in [6.45, 7) is 6.74. The smallest absolute Gasteiger partial charge is 0.0485 e. The first kappa shape index (κ1) is 42.8. The molecule has 64 heavy (non-hydrogen) atoms.